The first kappa shape index (κ1) is 19.3. The van der Waals surface area contributed by atoms with Crippen molar-refractivity contribution in [1.82, 2.24) is 9.88 Å². The van der Waals surface area contributed by atoms with Crippen LogP contribution in [0.1, 0.15) is 57.6 Å². The Morgan fingerprint density at radius 3 is 2.96 bits per heavy atom. The summed E-state index contributed by atoms with van der Waals surface area (Å²) in [7, 11) is 0. The summed E-state index contributed by atoms with van der Waals surface area (Å²) in [5, 5.41) is 0. The molecule has 2 aliphatic rings. The molecule has 2 aliphatic heterocycles. The minimum atomic E-state index is -0.0319. The summed E-state index contributed by atoms with van der Waals surface area (Å²) in [5.41, 5.74) is 0.944. The number of pyridine rings is 1. The van der Waals surface area contributed by atoms with E-state index in [2.05, 4.69) is 11.9 Å². The number of hydrogen-bond acceptors (Lipinski definition) is 4. The number of likely N-dealkylation sites (tertiary alicyclic amines) is 1. The van der Waals surface area contributed by atoms with Crippen molar-refractivity contribution in [3.63, 3.8) is 0 Å². The zero-order chi connectivity index (χ0) is 18.2. The predicted molar refractivity (Wildman–Crippen MR) is 101 cm³/mol. The van der Waals surface area contributed by atoms with Gasteiger partial charge in [0.15, 0.2) is 0 Å². The number of piperidine rings is 1. The van der Waals surface area contributed by atoms with Crippen molar-refractivity contribution in [2.45, 2.75) is 64.1 Å². The van der Waals surface area contributed by atoms with Crippen molar-refractivity contribution < 1.29 is 14.3 Å². The molecule has 1 spiro atoms. The van der Waals surface area contributed by atoms with Gasteiger partial charge in [0.25, 0.3) is 0 Å². The van der Waals surface area contributed by atoms with E-state index in [1.54, 1.807) is 6.20 Å². The van der Waals surface area contributed by atoms with Gasteiger partial charge in [-0.25, -0.2) is 0 Å². The maximum atomic E-state index is 12.2. The van der Waals surface area contributed by atoms with Crippen molar-refractivity contribution >= 4 is 5.91 Å². The van der Waals surface area contributed by atoms with Crippen LogP contribution in [0, 0.1) is 5.92 Å². The van der Waals surface area contributed by atoms with Gasteiger partial charge in [-0.05, 0) is 50.2 Å². The average Bonchev–Trinajstić information content (AvgIpc) is 3.06. The number of carbonyl (C=O) groups excluding carboxylic acids is 1. The number of aromatic nitrogens is 1. The lowest BCUT2D eigenvalue weighted by atomic mass is 9.78. The molecule has 26 heavy (non-hydrogen) atoms. The number of ether oxygens (including phenoxy) is 2. The number of carbonyl (C=O) groups is 1. The molecule has 1 aromatic heterocycles. The molecule has 2 fully saturated rings. The predicted octanol–water partition coefficient (Wildman–Crippen LogP) is 3.58. The molecular formula is C21H32N2O3. The Hall–Kier alpha value is -1.46. The van der Waals surface area contributed by atoms with Crippen LogP contribution in [0.15, 0.2) is 24.4 Å². The van der Waals surface area contributed by atoms with E-state index in [1.165, 1.54) is 0 Å². The van der Waals surface area contributed by atoms with Crippen molar-refractivity contribution in [3.05, 3.63) is 30.1 Å². The van der Waals surface area contributed by atoms with Gasteiger partial charge in [0.1, 0.15) is 0 Å². The molecule has 0 radical (unpaired) electrons. The molecule has 3 heterocycles. The molecule has 1 atom stereocenters. The first-order valence-electron chi connectivity index (χ1n) is 10.1. The van der Waals surface area contributed by atoms with E-state index in [0.717, 1.165) is 70.5 Å². The lowest BCUT2D eigenvalue weighted by Crippen LogP contribution is -2.49. The Bertz CT molecular complexity index is 556. The molecule has 1 aromatic rings. The minimum absolute atomic E-state index is 0.0319. The smallest absolute Gasteiger partial charge is 0.222 e. The highest BCUT2D eigenvalue weighted by molar-refractivity contribution is 5.76. The molecule has 0 N–H and O–H groups in total. The lowest BCUT2D eigenvalue weighted by molar-refractivity contribution is -0.137. The van der Waals surface area contributed by atoms with E-state index in [4.69, 9.17) is 9.47 Å². The Kier molecular flexibility index (Phi) is 7.03. The van der Waals surface area contributed by atoms with Crippen LogP contribution in [-0.4, -0.2) is 47.7 Å². The van der Waals surface area contributed by atoms with Crippen molar-refractivity contribution in [3.8, 4) is 0 Å². The van der Waals surface area contributed by atoms with Gasteiger partial charge < -0.3 is 14.4 Å². The fourth-order valence-electron chi connectivity index (χ4n) is 4.25. The summed E-state index contributed by atoms with van der Waals surface area (Å²) >= 11 is 0. The highest BCUT2D eigenvalue weighted by Gasteiger charge is 2.46. The number of rotatable bonds is 8. The van der Waals surface area contributed by atoms with Crippen LogP contribution in [0.2, 0.25) is 0 Å². The number of unbranched alkanes of at least 4 members (excludes halogenated alkanes) is 1. The average molecular weight is 360 g/mol. The molecule has 0 bridgehead atoms. The second kappa shape index (κ2) is 9.47. The monoisotopic (exact) mass is 360 g/mol. The molecule has 1 amide bonds. The molecule has 2 saturated heterocycles. The van der Waals surface area contributed by atoms with Crippen molar-refractivity contribution in [2.75, 3.05) is 26.3 Å². The van der Waals surface area contributed by atoms with Gasteiger partial charge in [-0.2, -0.15) is 0 Å². The number of hydrogen-bond donors (Lipinski definition) is 0. The van der Waals surface area contributed by atoms with Crippen LogP contribution in [0.3, 0.4) is 0 Å². The first-order chi connectivity index (χ1) is 12.7. The number of nitrogens with zero attached hydrogens (tertiary/aromatic N) is 2. The van der Waals surface area contributed by atoms with E-state index in [1.807, 2.05) is 23.1 Å². The molecule has 0 aliphatic carbocycles. The summed E-state index contributed by atoms with van der Waals surface area (Å²) in [5.74, 6) is 0.856. The topological polar surface area (TPSA) is 51.7 Å². The second-order valence-corrected chi connectivity index (χ2v) is 7.55. The normalized spacial score (nSPS) is 22.0. The molecule has 5 heteroatoms. The van der Waals surface area contributed by atoms with Gasteiger partial charge in [0.05, 0.1) is 17.9 Å². The fourth-order valence-corrected chi connectivity index (χ4v) is 4.25. The van der Waals surface area contributed by atoms with Crippen LogP contribution in [0.5, 0.6) is 0 Å². The van der Waals surface area contributed by atoms with Gasteiger partial charge in [0.2, 0.25) is 5.91 Å². The van der Waals surface area contributed by atoms with Gasteiger partial charge in [-0.1, -0.05) is 19.4 Å². The van der Waals surface area contributed by atoms with Crippen molar-refractivity contribution in [1.29, 1.82) is 0 Å². The van der Waals surface area contributed by atoms with E-state index in [9.17, 15) is 4.79 Å². The van der Waals surface area contributed by atoms with Crippen molar-refractivity contribution in [2.24, 2.45) is 5.92 Å². The minimum Gasteiger partial charge on any atom is -0.375 e. The molecular weight excluding hydrogens is 328 g/mol. The molecule has 3 rings (SSSR count). The second-order valence-electron chi connectivity index (χ2n) is 7.55. The maximum absolute atomic E-state index is 12.2. The molecule has 0 aromatic carbocycles. The quantitative estimate of drug-likeness (QED) is 0.665. The Morgan fingerprint density at radius 2 is 2.23 bits per heavy atom. The summed E-state index contributed by atoms with van der Waals surface area (Å²) in [4.78, 5) is 18.6. The maximum Gasteiger partial charge on any atom is 0.222 e. The van der Waals surface area contributed by atoms with E-state index in [-0.39, 0.29) is 5.60 Å². The molecule has 0 unspecified atom stereocenters. The molecule has 0 saturated carbocycles. The van der Waals surface area contributed by atoms with Crippen LogP contribution in [0.4, 0.5) is 0 Å². The van der Waals surface area contributed by atoms with E-state index in [0.29, 0.717) is 24.9 Å². The lowest BCUT2D eigenvalue weighted by Gasteiger charge is -2.42. The Balaban J connectivity index is 1.42. The third kappa shape index (κ3) is 4.83. The third-order valence-electron chi connectivity index (χ3n) is 5.89. The zero-order valence-corrected chi connectivity index (χ0v) is 16.0. The fraction of sp³-hybridized carbons (Fsp3) is 0.714. The Labute approximate surface area is 157 Å². The molecule has 144 valence electrons. The molecule has 5 nitrogen and oxygen atoms in total. The Morgan fingerprint density at radius 1 is 1.38 bits per heavy atom. The van der Waals surface area contributed by atoms with Gasteiger partial charge >= 0.3 is 0 Å². The summed E-state index contributed by atoms with van der Waals surface area (Å²) in [6, 6.07) is 5.90. The standard InChI is InChI=1S/C21H32N2O3/c1-2-3-7-20(24)23-13-10-21(11-14-23)18(9-16-26-21)8-15-25-17-19-6-4-5-12-22-19/h4-6,12,18H,2-3,7-11,13-17H2,1H3/t18-/m0/s1. The van der Waals surface area contributed by atoms with Gasteiger partial charge in [-0.15, -0.1) is 0 Å². The highest BCUT2D eigenvalue weighted by atomic mass is 16.5. The van der Waals surface area contributed by atoms with E-state index < -0.39 is 0 Å². The van der Waals surface area contributed by atoms with Crippen LogP contribution >= 0.6 is 0 Å². The summed E-state index contributed by atoms with van der Waals surface area (Å²) in [6.45, 7) is 5.97. The van der Waals surface area contributed by atoms with E-state index >= 15 is 0 Å². The third-order valence-corrected chi connectivity index (χ3v) is 5.89. The SMILES string of the molecule is CCCCC(=O)N1CCC2(CC1)OCC[C@@H]2CCOCc1ccccn1. The van der Waals surface area contributed by atoms with Gasteiger partial charge in [-0.3, -0.25) is 9.78 Å². The van der Waals surface area contributed by atoms with Crippen LogP contribution < -0.4 is 0 Å². The largest absolute Gasteiger partial charge is 0.375 e. The summed E-state index contributed by atoms with van der Waals surface area (Å²) < 4.78 is 12.0. The first-order valence-corrected chi connectivity index (χ1v) is 10.1. The highest BCUT2D eigenvalue weighted by Crippen LogP contribution is 2.42. The number of amides is 1. The van der Waals surface area contributed by atoms with Crippen LogP contribution in [-0.2, 0) is 20.9 Å². The van der Waals surface area contributed by atoms with Gasteiger partial charge in [0, 0.05) is 38.9 Å². The zero-order valence-electron chi connectivity index (χ0n) is 16.0. The summed E-state index contributed by atoms with van der Waals surface area (Å²) in [6.07, 6.45) is 8.63. The van der Waals surface area contributed by atoms with Crippen LogP contribution in [0.25, 0.3) is 0 Å².